The van der Waals surface area contributed by atoms with E-state index in [1.54, 1.807) is 4.68 Å². The Balaban J connectivity index is 1.50. The zero-order valence-electron chi connectivity index (χ0n) is 17.8. The lowest BCUT2D eigenvalue weighted by molar-refractivity contribution is -0.116. The third-order valence-corrected chi connectivity index (χ3v) is 6.08. The van der Waals surface area contributed by atoms with Crippen molar-refractivity contribution < 1.29 is 9.53 Å². The van der Waals surface area contributed by atoms with Crippen molar-refractivity contribution in [1.82, 2.24) is 20.0 Å². The number of carbonyl (C=O) groups excluding carboxylic acids is 1. The molecule has 0 spiro atoms. The third kappa shape index (κ3) is 3.67. The van der Waals surface area contributed by atoms with Crippen LogP contribution in [0.15, 0.2) is 36.4 Å². The van der Waals surface area contributed by atoms with Gasteiger partial charge < -0.3 is 15.0 Å². The summed E-state index contributed by atoms with van der Waals surface area (Å²) in [7, 11) is 0. The number of aryl methyl sites for hydroxylation is 2. The Morgan fingerprint density at radius 1 is 1.06 bits per heavy atom. The summed E-state index contributed by atoms with van der Waals surface area (Å²) in [5.74, 6) is 2.05. The van der Waals surface area contributed by atoms with Crippen molar-refractivity contribution in [2.24, 2.45) is 0 Å². The molecule has 1 fully saturated rings. The van der Waals surface area contributed by atoms with Crippen molar-refractivity contribution in [3.05, 3.63) is 58.8 Å². The number of hydrogen-bond acceptors (Lipinski definition) is 6. The molecule has 0 radical (unpaired) electrons. The Kier molecular flexibility index (Phi) is 5.15. The van der Waals surface area contributed by atoms with E-state index in [0.717, 1.165) is 42.1 Å². The van der Waals surface area contributed by atoms with Gasteiger partial charge in [0.25, 0.3) is 0 Å². The van der Waals surface area contributed by atoms with E-state index in [4.69, 9.17) is 9.84 Å². The zero-order valence-corrected chi connectivity index (χ0v) is 17.8. The molecule has 0 bridgehead atoms. The second-order valence-corrected chi connectivity index (χ2v) is 8.01. The number of aromatic nitrogens is 4. The van der Waals surface area contributed by atoms with E-state index in [9.17, 15) is 4.79 Å². The number of nitrogens with zero attached hydrogens (tertiary/aromatic N) is 5. The van der Waals surface area contributed by atoms with Gasteiger partial charge in [0.1, 0.15) is 5.82 Å². The van der Waals surface area contributed by atoms with Crippen LogP contribution in [0.4, 0.5) is 11.6 Å². The van der Waals surface area contributed by atoms with Crippen LogP contribution >= 0.6 is 0 Å². The van der Waals surface area contributed by atoms with Crippen LogP contribution in [0.1, 0.15) is 41.6 Å². The minimum Gasteiger partial charge on any atom is -0.378 e. The van der Waals surface area contributed by atoms with Crippen molar-refractivity contribution in [1.29, 1.82) is 0 Å². The molecule has 0 aliphatic carbocycles. The van der Waals surface area contributed by atoms with Crippen molar-refractivity contribution in [2.45, 2.75) is 32.6 Å². The first-order valence-electron chi connectivity index (χ1n) is 10.8. The van der Waals surface area contributed by atoms with Gasteiger partial charge in [-0.05, 0) is 36.6 Å². The van der Waals surface area contributed by atoms with E-state index < -0.39 is 0 Å². The molecule has 160 valence electrons. The maximum Gasteiger partial charge on any atom is 0.226 e. The minimum atomic E-state index is -0.0241. The lowest BCUT2D eigenvalue weighted by atomic mass is 9.85. The fraction of sp³-hybridized carbons (Fsp3) is 0.391. The smallest absolute Gasteiger partial charge is 0.226 e. The van der Waals surface area contributed by atoms with E-state index in [-0.39, 0.29) is 11.8 Å². The molecule has 0 unspecified atom stereocenters. The molecule has 1 aromatic carbocycles. The summed E-state index contributed by atoms with van der Waals surface area (Å²) in [6, 6.07) is 12.4. The molecule has 5 rings (SSSR count). The molecule has 2 aliphatic rings. The number of anilines is 2. The first-order valence-corrected chi connectivity index (χ1v) is 10.8. The van der Waals surface area contributed by atoms with Gasteiger partial charge in [-0.3, -0.25) is 4.79 Å². The number of fused-ring (bicyclic) bond motifs is 1. The third-order valence-electron chi connectivity index (χ3n) is 6.08. The number of ether oxygens (including phenoxy) is 1. The lowest BCUT2D eigenvalue weighted by Gasteiger charge is -2.27. The van der Waals surface area contributed by atoms with Crippen molar-refractivity contribution in [3.63, 3.8) is 0 Å². The van der Waals surface area contributed by atoms with Crippen LogP contribution in [0.3, 0.4) is 0 Å². The molecule has 31 heavy (non-hydrogen) atoms. The van der Waals surface area contributed by atoms with Crippen molar-refractivity contribution in [3.8, 4) is 5.82 Å². The second-order valence-electron chi connectivity index (χ2n) is 8.01. The minimum absolute atomic E-state index is 0.0175. The number of amides is 1. The molecule has 8 heteroatoms. The predicted molar refractivity (Wildman–Crippen MR) is 118 cm³/mol. The summed E-state index contributed by atoms with van der Waals surface area (Å²) in [5.41, 5.74) is 4.35. The van der Waals surface area contributed by atoms with E-state index in [0.29, 0.717) is 31.3 Å². The van der Waals surface area contributed by atoms with E-state index in [2.05, 4.69) is 51.6 Å². The highest BCUT2D eigenvalue weighted by atomic mass is 16.5. The normalized spacial score (nSPS) is 18.6. The molecule has 1 N–H and O–H groups in total. The Hall–Kier alpha value is -3.26. The van der Waals surface area contributed by atoms with Gasteiger partial charge in [-0.25, -0.2) is 0 Å². The Bertz CT molecular complexity index is 1080. The van der Waals surface area contributed by atoms with Gasteiger partial charge >= 0.3 is 0 Å². The summed E-state index contributed by atoms with van der Waals surface area (Å²) in [6.07, 6.45) is 1.40. The molecular formula is C23H26N6O2. The van der Waals surface area contributed by atoms with Gasteiger partial charge in [0.2, 0.25) is 5.91 Å². The maximum atomic E-state index is 12.6. The molecule has 2 aromatic heterocycles. The Morgan fingerprint density at radius 2 is 1.77 bits per heavy atom. The number of rotatable bonds is 4. The Morgan fingerprint density at radius 3 is 2.45 bits per heavy atom. The highest BCUT2D eigenvalue weighted by Crippen LogP contribution is 2.40. The standard InChI is InChI=1S/C23H26N6O2/c1-3-16-4-6-17(7-5-16)18-14-21(30)24-23-22(18)15(2)27-29(23)20-9-8-19(25-26-20)28-10-12-31-13-11-28/h4-9,18H,3,10-14H2,1-2H3,(H,24,30)/t18-/m0/s1. The summed E-state index contributed by atoms with van der Waals surface area (Å²) >= 11 is 0. The topological polar surface area (TPSA) is 85.2 Å². The highest BCUT2D eigenvalue weighted by Gasteiger charge is 2.33. The van der Waals surface area contributed by atoms with E-state index >= 15 is 0 Å². The van der Waals surface area contributed by atoms with Gasteiger partial charge in [-0.15, -0.1) is 10.2 Å². The van der Waals surface area contributed by atoms with Gasteiger partial charge in [-0.2, -0.15) is 9.78 Å². The van der Waals surface area contributed by atoms with Crippen LogP contribution in [0.25, 0.3) is 5.82 Å². The summed E-state index contributed by atoms with van der Waals surface area (Å²) in [4.78, 5) is 14.7. The number of hydrogen-bond donors (Lipinski definition) is 1. The summed E-state index contributed by atoms with van der Waals surface area (Å²) in [5, 5.41) is 16.5. The molecule has 1 atom stereocenters. The van der Waals surface area contributed by atoms with Crippen LogP contribution in [-0.2, 0) is 16.0 Å². The fourth-order valence-corrected chi connectivity index (χ4v) is 4.38. The predicted octanol–water partition coefficient (Wildman–Crippen LogP) is 2.84. The molecule has 1 saturated heterocycles. The first kappa shape index (κ1) is 19.7. The largest absolute Gasteiger partial charge is 0.378 e. The number of benzene rings is 1. The van der Waals surface area contributed by atoms with Crippen LogP contribution in [0.2, 0.25) is 0 Å². The SMILES string of the molecule is CCc1ccc([C@@H]2CC(=O)Nc3c2c(C)nn3-c2ccc(N3CCOCC3)nn2)cc1. The van der Waals surface area contributed by atoms with Gasteiger partial charge in [0.15, 0.2) is 11.6 Å². The Labute approximate surface area is 181 Å². The molecule has 2 aliphatic heterocycles. The monoisotopic (exact) mass is 418 g/mol. The van der Waals surface area contributed by atoms with Gasteiger partial charge in [0.05, 0.1) is 18.9 Å². The van der Waals surface area contributed by atoms with E-state index in [1.165, 1.54) is 5.56 Å². The van der Waals surface area contributed by atoms with Crippen LogP contribution < -0.4 is 10.2 Å². The molecule has 1 amide bonds. The molecule has 8 nitrogen and oxygen atoms in total. The van der Waals surface area contributed by atoms with Crippen molar-refractivity contribution in [2.75, 3.05) is 36.5 Å². The van der Waals surface area contributed by atoms with Crippen molar-refractivity contribution >= 4 is 17.5 Å². The van der Waals surface area contributed by atoms with Gasteiger partial charge in [-0.1, -0.05) is 31.2 Å². The molecule has 4 heterocycles. The average Bonchev–Trinajstić information content (AvgIpc) is 3.15. The number of carbonyl (C=O) groups is 1. The molecule has 3 aromatic rings. The number of morpholine rings is 1. The van der Waals surface area contributed by atoms with Crippen LogP contribution in [0.5, 0.6) is 0 Å². The fourth-order valence-electron chi connectivity index (χ4n) is 4.38. The molecule has 0 saturated carbocycles. The average molecular weight is 419 g/mol. The first-order chi connectivity index (χ1) is 15.1. The van der Waals surface area contributed by atoms with E-state index in [1.807, 2.05) is 19.1 Å². The lowest BCUT2D eigenvalue weighted by Crippen LogP contribution is -2.36. The maximum absolute atomic E-state index is 12.6. The second kappa shape index (κ2) is 8.11. The molecular weight excluding hydrogens is 392 g/mol. The van der Waals surface area contributed by atoms with Crippen LogP contribution in [-0.4, -0.2) is 52.2 Å². The van der Waals surface area contributed by atoms with Crippen LogP contribution in [0, 0.1) is 6.92 Å². The number of nitrogens with one attached hydrogen (secondary N) is 1. The quantitative estimate of drug-likeness (QED) is 0.701. The zero-order chi connectivity index (χ0) is 21.4. The summed E-state index contributed by atoms with van der Waals surface area (Å²) < 4.78 is 7.10. The summed E-state index contributed by atoms with van der Waals surface area (Å²) in [6.45, 7) is 7.12. The van der Waals surface area contributed by atoms with Gasteiger partial charge in [0, 0.05) is 31.0 Å². The highest BCUT2D eigenvalue weighted by molar-refractivity contribution is 5.95.